The highest BCUT2D eigenvalue weighted by molar-refractivity contribution is 6.30. The zero-order valence-corrected chi connectivity index (χ0v) is 16.0. The fraction of sp³-hybridized carbons (Fsp3) is 0.200. The third-order valence-corrected chi connectivity index (χ3v) is 5.00. The number of nitrogens with one attached hydrogen (secondary N) is 1. The summed E-state index contributed by atoms with van der Waals surface area (Å²) in [6, 6.07) is 10.7. The number of hydrogen-bond acceptors (Lipinski definition) is 5. The van der Waals surface area contributed by atoms with Crippen LogP contribution in [0.5, 0.6) is 17.2 Å². The van der Waals surface area contributed by atoms with Crippen molar-refractivity contribution in [2.45, 2.75) is 12.3 Å². The number of rotatable bonds is 4. The number of carbonyl (C=O) groups excluding carboxylic acids is 1. The monoisotopic (exact) mass is 399 g/mol. The summed E-state index contributed by atoms with van der Waals surface area (Å²) < 4.78 is 12.3. The van der Waals surface area contributed by atoms with Crippen molar-refractivity contribution < 1.29 is 19.4 Å². The molecule has 1 atom stereocenters. The average molecular weight is 400 g/mol. The van der Waals surface area contributed by atoms with Gasteiger partial charge in [0, 0.05) is 23.0 Å². The van der Waals surface area contributed by atoms with Crippen molar-refractivity contribution in [3.8, 4) is 22.9 Å². The number of halogens is 1. The van der Waals surface area contributed by atoms with Gasteiger partial charge in [0.15, 0.2) is 11.5 Å². The van der Waals surface area contributed by atoms with E-state index in [-0.39, 0.29) is 35.5 Å². The van der Waals surface area contributed by atoms with E-state index in [9.17, 15) is 9.90 Å². The maximum Gasteiger partial charge on any atom is 0.226 e. The Kier molecular flexibility index (Phi) is 4.60. The van der Waals surface area contributed by atoms with Gasteiger partial charge in [-0.15, -0.1) is 0 Å². The fourth-order valence-electron chi connectivity index (χ4n) is 3.42. The van der Waals surface area contributed by atoms with Crippen LogP contribution in [0, 0.1) is 0 Å². The van der Waals surface area contributed by atoms with Gasteiger partial charge >= 0.3 is 0 Å². The number of methoxy groups -OCH3 is 2. The molecule has 4 rings (SSSR count). The first-order chi connectivity index (χ1) is 13.5. The van der Waals surface area contributed by atoms with E-state index in [1.54, 1.807) is 35.2 Å². The molecular formula is C20H18ClN3O4. The largest absolute Gasteiger partial charge is 0.502 e. The predicted molar refractivity (Wildman–Crippen MR) is 105 cm³/mol. The van der Waals surface area contributed by atoms with Gasteiger partial charge in [-0.25, -0.2) is 4.98 Å². The second kappa shape index (κ2) is 7.09. The van der Waals surface area contributed by atoms with E-state index >= 15 is 0 Å². The van der Waals surface area contributed by atoms with E-state index < -0.39 is 0 Å². The molecule has 1 amide bonds. The maximum atomic E-state index is 12.4. The molecule has 2 N–H and O–H groups in total. The lowest BCUT2D eigenvalue weighted by molar-refractivity contribution is -0.116. The van der Waals surface area contributed by atoms with Gasteiger partial charge in [-0.3, -0.25) is 9.36 Å². The van der Waals surface area contributed by atoms with E-state index in [1.807, 2.05) is 12.1 Å². The van der Waals surface area contributed by atoms with Crippen LogP contribution in [0.25, 0.3) is 5.69 Å². The van der Waals surface area contributed by atoms with Crippen molar-refractivity contribution >= 4 is 23.3 Å². The number of imidazole rings is 1. The van der Waals surface area contributed by atoms with Crippen molar-refractivity contribution in [1.82, 2.24) is 9.55 Å². The molecule has 0 bridgehead atoms. The fourth-order valence-corrected chi connectivity index (χ4v) is 3.60. The first kappa shape index (κ1) is 18.2. The van der Waals surface area contributed by atoms with Gasteiger partial charge in [-0.05, 0) is 35.9 Å². The Balaban J connectivity index is 1.84. The summed E-state index contributed by atoms with van der Waals surface area (Å²) in [6.45, 7) is 0. The molecule has 0 unspecified atom stereocenters. The van der Waals surface area contributed by atoms with Crippen LogP contribution in [-0.2, 0) is 4.79 Å². The molecule has 0 aliphatic carbocycles. The number of phenolic OH excluding ortho intramolecular Hbond substituents is 1. The summed E-state index contributed by atoms with van der Waals surface area (Å²) in [5.41, 5.74) is 2.27. The third kappa shape index (κ3) is 3.03. The number of fused-ring (bicyclic) bond motifs is 1. The molecule has 0 radical (unpaired) electrons. The number of ether oxygens (including phenoxy) is 2. The van der Waals surface area contributed by atoms with Gasteiger partial charge in [0.05, 0.1) is 19.9 Å². The summed E-state index contributed by atoms with van der Waals surface area (Å²) in [7, 11) is 2.93. The molecule has 1 aliphatic rings. The number of anilines is 1. The summed E-state index contributed by atoms with van der Waals surface area (Å²) in [6.07, 6.45) is 1.88. The highest BCUT2D eigenvalue weighted by Gasteiger charge is 2.32. The smallest absolute Gasteiger partial charge is 0.226 e. The van der Waals surface area contributed by atoms with Crippen LogP contribution < -0.4 is 14.8 Å². The molecule has 0 saturated carbocycles. The van der Waals surface area contributed by atoms with Crippen molar-refractivity contribution in [2.24, 2.45) is 0 Å². The number of nitrogens with zero attached hydrogens (tertiary/aromatic N) is 2. The minimum atomic E-state index is -0.312. The lowest BCUT2D eigenvalue weighted by Gasteiger charge is -2.24. The quantitative estimate of drug-likeness (QED) is 0.698. The summed E-state index contributed by atoms with van der Waals surface area (Å²) >= 11 is 6.11. The molecule has 8 heteroatoms. The van der Waals surface area contributed by atoms with Crippen molar-refractivity contribution in [2.75, 3.05) is 19.5 Å². The van der Waals surface area contributed by atoms with Crippen LogP contribution in [0.1, 0.15) is 23.6 Å². The second-order valence-corrected chi connectivity index (χ2v) is 6.84. The van der Waals surface area contributed by atoms with E-state index in [0.29, 0.717) is 10.8 Å². The zero-order valence-electron chi connectivity index (χ0n) is 15.3. The number of aromatic nitrogens is 2. The van der Waals surface area contributed by atoms with Crippen LogP contribution in [0.4, 0.5) is 5.82 Å². The van der Waals surface area contributed by atoms with Gasteiger partial charge in [0.1, 0.15) is 12.1 Å². The molecule has 144 valence electrons. The first-order valence-electron chi connectivity index (χ1n) is 8.59. The molecule has 7 nitrogen and oxygen atoms in total. The van der Waals surface area contributed by atoms with E-state index in [4.69, 9.17) is 21.1 Å². The molecule has 0 saturated heterocycles. The van der Waals surface area contributed by atoms with Crippen LogP contribution in [0.3, 0.4) is 0 Å². The molecule has 1 aliphatic heterocycles. The topological polar surface area (TPSA) is 85.6 Å². The Labute approximate surface area is 166 Å². The third-order valence-electron chi connectivity index (χ3n) is 4.76. The second-order valence-electron chi connectivity index (χ2n) is 6.41. The van der Waals surface area contributed by atoms with Crippen molar-refractivity contribution in [1.29, 1.82) is 0 Å². The maximum absolute atomic E-state index is 12.4. The Morgan fingerprint density at radius 1 is 1.21 bits per heavy atom. The lowest BCUT2D eigenvalue weighted by atomic mass is 9.89. The normalized spacial score (nSPS) is 15.7. The lowest BCUT2D eigenvalue weighted by Crippen LogP contribution is -2.25. The molecule has 3 aromatic rings. The van der Waals surface area contributed by atoms with Gasteiger partial charge in [-0.1, -0.05) is 17.7 Å². The molecule has 0 fully saturated rings. The van der Waals surface area contributed by atoms with Gasteiger partial charge in [0.2, 0.25) is 11.7 Å². The van der Waals surface area contributed by atoms with E-state index in [0.717, 1.165) is 16.9 Å². The number of aromatic hydroxyl groups is 1. The SMILES string of the molecule is COc1cc([C@@H]2CC(=O)Nc3c2ncn3-c2cccc(Cl)c2)cc(OC)c1O. The molecule has 2 heterocycles. The number of amides is 1. The van der Waals surface area contributed by atoms with Gasteiger partial charge < -0.3 is 19.9 Å². The number of carbonyl (C=O) groups is 1. The molecule has 0 spiro atoms. The number of phenols is 1. The number of hydrogen-bond donors (Lipinski definition) is 2. The van der Waals surface area contributed by atoms with Crippen molar-refractivity contribution in [3.63, 3.8) is 0 Å². The minimum absolute atomic E-state index is 0.0845. The average Bonchev–Trinajstić information content (AvgIpc) is 3.11. The van der Waals surface area contributed by atoms with E-state index in [2.05, 4.69) is 10.3 Å². The Morgan fingerprint density at radius 3 is 2.57 bits per heavy atom. The van der Waals surface area contributed by atoms with Crippen LogP contribution in [0.15, 0.2) is 42.7 Å². The Hall–Kier alpha value is -3.19. The zero-order chi connectivity index (χ0) is 19.8. The Bertz CT molecular complexity index is 1040. The van der Waals surface area contributed by atoms with Gasteiger partial charge in [0.25, 0.3) is 0 Å². The first-order valence-corrected chi connectivity index (χ1v) is 8.97. The highest BCUT2D eigenvalue weighted by atomic mass is 35.5. The molecule has 2 aromatic carbocycles. The molecule has 1 aromatic heterocycles. The highest BCUT2D eigenvalue weighted by Crippen LogP contribution is 2.44. The van der Waals surface area contributed by atoms with Crippen LogP contribution in [0.2, 0.25) is 5.02 Å². The van der Waals surface area contributed by atoms with E-state index in [1.165, 1.54) is 14.2 Å². The predicted octanol–water partition coefficient (Wildman–Crippen LogP) is 3.72. The Morgan fingerprint density at radius 2 is 1.93 bits per heavy atom. The van der Waals surface area contributed by atoms with Crippen molar-refractivity contribution in [3.05, 3.63) is 59.0 Å². The molecule has 28 heavy (non-hydrogen) atoms. The van der Waals surface area contributed by atoms with Gasteiger partial charge in [-0.2, -0.15) is 0 Å². The summed E-state index contributed by atoms with van der Waals surface area (Å²) in [4.78, 5) is 17.0. The summed E-state index contributed by atoms with van der Waals surface area (Å²) in [5, 5.41) is 13.7. The summed E-state index contributed by atoms with van der Waals surface area (Å²) in [5.74, 6) is 0.611. The minimum Gasteiger partial charge on any atom is -0.502 e. The van der Waals surface area contributed by atoms with Crippen LogP contribution >= 0.6 is 11.6 Å². The van der Waals surface area contributed by atoms with Crippen LogP contribution in [-0.4, -0.2) is 34.8 Å². The standard InChI is InChI=1S/C20H18ClN3O4/c1-27-15-6-11(7-16(28-2)19(15)26)14-9-17(25)23-20-18(14)22-10-24(20)13-5-3-4-12(21)8-13/h3-8,10,14,26H,9H2,1-2H3,(H,23,25)/t14-/m0/s1. The number of benzene rings is 2. The molecular weight excluding hydrogens is 382 g/mol.